The normalized spacial score (nSPS) is 10.0. The van der Waals surface area contributed by atoms with Crippen LogP contribution >= 0.6 is 0 Å². The zero-order valence-electron chi connectivity index (χ0n) is 10.5. The van der Waals surface area contributed by atoms with E-state index in [0.29, 0.717) is 17.0 Å². The fraction of sp³-hybridized carbons (Fsp3) is 0.143. The highest BCUT2D eigenvalue weighted by Crippen LogP contribution is 2.24. The number of hydrogen-bond donors (Lipinski definition) is 0. The van der Waals surface area contributed by atoms with Gasteiger partial charge in [0, 0.05) is 25.7 Å². The summed E-state index contributed by atoms with van der Waals surface area (Å²) >= 11 is 0. The van der Waals surface area contributed by atoms with Crippen LogP contribution in [0, 0.1) is 17.1 Å². The van der Waals surface area contributed by atoms with Crippen molar-refractivity contribution in [3.63, 3.8) is 0 Å². The van der Waals surface area contributed by atoms with Crippen LogP contribution in [0.1, 0.15) is 5.56 Å². The van der Waals surface area contributed by atoms with Gasteiger partial charge in [-0.1, -0.05) is 0 Å². The van der Waals surface area contributed by atoms with E-state index in [1.54, 1.807) is 25.1 Å². The van der Waals surface area contributed by atoms with E-state index in [1.807, 2.05) is 6.07 Å². The molecule has 4 nitrogen and oxygen atoms in total. The molecule has 0 unspecified atom stereocenters. The first-order valence-corrected chi connectivity index (χ1v) is 5.54. The Kier molecular flexibility index (Phi) is 3.34. The lowest BCUT2D eigenvalue weighted by molar-refractivity contribution is 0.523. The summed E-state index contributed by atoms with van der Waals surface area (Å²) in [5.41, 5.74) is 0.299. The zero-order chi connectivity index (χ0) is 14.0. The van der Waals surface area contributed by atoms with Gasteiger partial charge in [0.25, 0.3) is 0 Å². The number of nitriles is 1. The molecule has 0 fully saturated rings. The molecule has 1 heterocycles. The Labute approximate surface area is 109 Å². The molecule has 0 atom stereocenters. The Morgan fingerprint density at radius 2 is 1.89 bits per heavy atom. The van der Waals surface area contributed by atoms with Crippen LogP contribution in [-0.4, -0.2) is 14.1 Å². The quantitative estimate of drug-likeness (QED) is 0.829. The molecule has 96 valence electrons. The number of halogens is 1. The maximum atomic E-state index is 12.9. The monoisotopic (exact) mass is 258 g/mol. The van der Waals surface area contributed by atoms with Crippen molar-refractivity contribution in [2.45, 2.75) is 0 Å². The van der Waals surface area contributed by atoms with E-state index < -0.39 is 5.63 Å². The molecule has 0 saturated heterocycles. The Bertz CT molecular complexity index is 697. The molecule has 0 amide bonds. The summed E-state index contributed by atoms with van der Waals surface area (Å²) in [7, 11) is 3.45. The van der Waals surface area contributed by atoms with Crippen LogP contribution in [0.4, 0.5) is 10.1 Å². The third-order valence-electron chi connectivity index (χ3n) is 2.65. The molecule has 0 aliphatic heterocycles. The van der Waals surface area contributed by atoms with Gasteiger partial charge in [-0.3, -0.25) is 0 Å². The lowest BCUT2D eigenvalue weighted by Gasteiger charge is -2.14. The average molecular weight is 258 g/mol. The molecule has 1 aromatic carbocycles. The Morgan fingerprint density at radius 1 is 1.26 bits per heavy atom. The number of hydrogen-bond acceptors (Lipinski definition) is 4. The highest BCUT2D eigenvalue weighted by Gasteiger charge is 2.14. The van der Waals surface area contributed by atoms with Gasteiger partial charge < -0.3 is 9.32 Å². The van der Waals surface area contributed by atoms with E-state index in [2.05, 4.69) is 0 Å². The van der Waals surface area contributed by atoms with Crippen LogP contribution < -0.4 is 10.5 Å². The average Bonchev–Trinajstić information content (AvgIpc) is 2.38. The van der Waals surface area contributed by atoms with Crippen LogP contribution in [0.15, 0.2) is 39.5 Å². The van der Waals surface area contributed by atoms with Gasteiger partial charge in [0.15, 0.2) is 5.56 Å². The molecule has 0 spiro atoms. The summed E-state index contributed by atoms with van der Waals surface area (Å²) in [5.74, 6) is -0.0692. The van der Waals surface area contributed by atoms with E-state index in [1.165, 1.54) is 24.3 Å². The maximum Gasteiger partial charge on any atom is 0.356 e. The lowest BCUT2D eigenvalue weighted by Crippen LogP contribution is -2.16. The van der Waals surface area contributed by atoms with Crippen molar-refractivity contribution in [2.75, 3.05) is 19.0 Å². The van der Waals surface area contributed by atoms with E-state index in [4.69, 9.17) is 9.68 Å². The number of benzene rings is 1. The summed E-state index contributed by atoms with van der Waals surface area (Å²) in [6.07, 6.45) is 0. The van der Waals surface area contributed by atoms with Gasteiger partial charge in [-0.25, -0.2) is 9.18 Å². The van der Waals surface area contributed by atoms with E-state index in [0.717, 1.165) is 0 Å². The number of rotatable bonds is 2. The van der Waals surface area contributed by atoms with E-state index >= 15 is 0 Å². The molecule has 2 rings (SSSR count). The lowest BCUT2D eigenvalue weighted by atomic mass is 10.1. The Morgan fingerprint density at radius 3 is 2.42 bits per heavy atom. The Balaban J connectivity index is 2.64. The molecule has 0 bridgehead atoms. The second kappa shape index (κ2) is 4.94. The smallest absolute Gasteiger partial charge is 0.356 e. The summed E-state index contributed by atoms with van der Waals surface area (Å²) in [5, 5.41) is 8.96. The SMILES string of the molecule is CN(C)c1cc(-c2ccc(F)cc2)oc(=O)c1C#N. The van der Waals surface area contributed by atoms with Crippen molar-refractivity contribution < 1.29 is 8.81 Å². The fourth-order valence-electron chi connectivity index (χ4n) is 1.69. The van der Waals surface area contributed by atoms with Crippen LogP contribution in [0.25, 0.3) is 11.3 Å². The van der Waals surface area contributed by atoms with E-state index in [-0.39, 0.29) is 11.4 Å². The summed E-state index contributed by atoms with van der Waals surface area (Å²) in [6.45, 7) is 0. The van der Waals surface area contributed by atoms with Crippen molar-refractivity contribution in [3.8, 4) is 17.4 Å². The summed E-state index contributed by atoms with van der Waals surface area (Å²) < 4.78 is 18.0. The van der Waals surface area contributed by atoms with Crippen LogP contribution in [-0.2, 0) is 0 Å². The molecular formula is C14H11FN2O2. The van der Waals surface area contributed by atoms with Gasteiger partial charge >= 0.3 is 5.63 Å². The molecule has 0 saturated carbocycles. The second-order valence-corrected chi connectivity index (χ2v) is 4.17. The highest BCUT2D eigenvalue weighted by atomic mass is 19.1. The van der Waals surface area contributed by atoms with Crippen LogP contribution in [0.3, 0.4) is 0 Å². The van der Waals surface area contributed by atoms with Crippen LogP contribution in [0.2, 0.25) is 0 Å². The molecule has 0 aliphatic carbocycles. The third kappa shape index (κ3) is 2.47. The standard InChI is InChI=1S/C14H11FN2O2/c1-17(2)12-7-13(19-14(18)11(12)8-16)9-3-5-10(15)6-4-9/h3-7H,1-2H3. The van der Waals surface area contributed by atoms with Gasteiger partial charge in [0.1, 0.15) is 17.6 Å². The third-order valence-corrected chi connectivity index (χ3v) is 2.65. The molecule has 2 aromatic rings. The first-order chi connectivity index (χ1) is 9.02. The minimum atomic E-state index is -0.701. The molecule has 0 aliphatic rings. The summed E-state index contributed by atoms with van der Waals surface area (Å²) in [4.78, 5) is 13.4. The zero-order valence-corrected chi connectivity index (χ0v) is 10.5. The van der Waals surface area contributed by atoms with Crippen molar-refractivity contribution in [2.24, 2.45) is 0 Å². The molecule has 1 aromatic heterocycles. The van der Waals surface area contributed by atoms with Gasteiger partial charge in [-0.05, 0) is 24.3 Å². The van der Waals surface area contributed by atoms with Gasteiger partial charge in [-0.2, -0.15) is 5.26 Å². The Hall–Kier alpha value is -2.61. The van der Waals surface area contributed by atoms with Gasteiger partial charge in [0.2, 0.25) is 0 Å². The number of nitrogens with zero attached hydrogens (tertiary/aromatic N) is 2. The van der Waals surface area contributed by atoms with Gasteiger partial charge in [-0.15, -0.1) is 0 Å². The minimum Gasteiger partial charge on any atom is -0.422 e. The largest absolute Gasteiger partial charge is 0.422 e. The second-order valence-electron chi connectivity index (χ2n) is 4.17. The number of anilines is 1. The first kappa shape index (κ1) is 12.8. The topological polar surface area (TPSA) is 57.2 Å². The van der Waals surface area contributed by atoms with Crippen molar-refractivity contribution >= 4 is 5.69 Å². The summed E-state index contributed by atoms with van der Waals surface area (Å²) in [6, 6.07) is 9.00. The van der Waals surface area contributed by atoms with Gasteiger partial charge in [0.05, 0.1) is 5.69 Å². The van der Waals surface area contributed by atoms with Crippen molar-refractivity contribution in [3.05, 3.63) is 52.1 Å². The first-order valence-electron chi connectivity index (χ1n) is 5.54. The predicted molar refractivity (Wildman–Crippen MR) is 69.4 cm³/mol. The minimum absolute atomic E-state index is 0.0455. The predicted octanol–water partition coefficient (Wildman–Crippen LogP) is 2.38. The maximum absolute atomic E-state index is 12.9. The highest BCUT2D eigenvalue weighted by molar-refractivity contribution is 5.66. The van der Waals surface area contributed by atoms with Crippen LogP contribution in [0.5, 0.6) is 0 Å². The molecule has 0 radical (unpaired) electrons. The molecular weight excluding hydrogens is 247 g/mol. The molecule has 0 N–H and O–H groups in total. The van der Waals surface area contributed by atoms with Crippen molar-refractivity contribution in [1.82, 2.24) is 0 Å². The van der Waals surface area contributed by atoms with Crippen molar-refractivity contribution in [1.29, 1.82) is 5.26 Å². The van der Waals surface area contributed by atoms with E-state index in [9.17, 15) is 9.18 Å². The molecule has 5 heteroatoms. The molecule has 19 heavy (non-hydrogen) atoms. The fourth-order valence-corrected chi connectivity index (χ4v) is 1.69.